The van der Waals surface area contributed by atoms with Crippen molar-refractivity contribution in [2.24, 2.45) is 0 Å². The van der Waals surface area contributed by atoms with Crippen LogP contribution in [0.15, 0.2) is 64.3 Å². The quantitative estimate of drug-likeness (QED) is 0.447. The van der Waals surface area contributed by atoms with Crippen LogP contribution in [0.5, 0.6) is 0 Å². The van der Waals surface area contributed by atoms with Crippen LogP contribution in [0.2, 0.25) is 0 Å². The molecule has 1 aromatic heterocycles. The molecule has 1 amide bonds. The summed E-state index contributed by atoms with van der Waals surface area (Å²) in [6.07, 6.45) is 0.183. The second-order valence-electron chi connectivity index (χ2n) is 7.58. The zero-order valence-electron chi connectivity index (χ0n) is 19.2. The van der Waals surface area contributed by atoms with Gasteiger partial charge in [-0.1, -0.05) is 44.2 Å². The molecule has 0 fully saturated rings. The number of H-pyrrole nitrogens is 1. The molecule has 1 heterocycles. The summed E-state index contributed by atoms with van der Waals surface area (Å²) in [4.78, 5) is 40.4. The van der Waals surface area contributed by atoms with E-state index in [0.29, 0.717) is 5.52 Å². The summed E-state index contributed by atoms with van der Waals surface area (Å²) in [7, 11) is -2.57. The molecular formula is C24H27N3O6S. The van der Waals surface area contributed by atoms with Crippen LogP contribution in [0.1, 0.15) is 29.8 Å². The third-order valence-electron chi connectivity index (χ3n) is 5.48. The summed E-state index contributed by atoms with van der Waals surface area (Å²) >= 11 is 0. The van der Waals surface area contributed by atoms with Gasteiger partial charge in [0.15, 0.2) is 0 Å². The summed E-state index contributed by atoms with van der Waals surface area (Å²) in [5, 5.41) is 2.87. The fraction of sp³-hybridized carbons (Fsp3) is 0.292. The van der Waals surface area contributed by atoms with Gasteiger partial charge in [0.2, 0.25) is 15.6 Å². The number of hydrogen-bond donors (Lipinski definition) is 2. The molecule has 1 atom stereocenters. The molecule has 0 aliphatic heterocycles. The minimum absolute atomic E-state index is 0.00129. The molecule has 0 saturated carbocycles. The number of aromatic amines is 1. The van der Waals surface area contributed by atoms with Crippen LogP contribution in [0.3, 0.4) is 0 Å². The number of pyridine rings is 1. The lowest BCUT2D eigenvalue weighted by molar-refractivity contribution is -0.142. The van der Waals surface area contributed by atoms with Crippen molar-refractivity contribution in [2.45, 2.75) is 31.2 Å². The van der Waals surface area contributed by atoms with Gasteiger partial charge in [-0.2, -0.15) is 4.31 Å². The van der Waals surface area contributed by atoms with Gasteiger partial charge in [-0.15, -0.1) is 0 Å². The second kappa shape index (κ2) is 10.6. The average molecular weight is 486 g/mol. The first-order valence-corrected chi connectivity index (χ1v) is 12.2. The number of sulfonamides is 1. The van der Waals surface area contributed by atoms with Crippen LogP contribution < -0.4 is 10.9 Å². The van der Waals surface area contributed by atoms with Crippen molar-refractivity contribution in [3.63, 3.8) is 0 Å². The molecule has 0 unspecified atom stereocenters. The molecule has 3 aromatic rings. The predicted molar refractivity (Wildman–Crippen MR) is 128 cm³/mol. The van der Waals surface area contributed by atoms with Gasteiger partial charge in [-0.05, 0) is 23.8 Å². The second-order valence-corrected chi connectivity index (χ2v) is 9.52. The Kier molecular flexibility index (Phi) is 7.85. The first-order valence-electron chi connectivity index (χ1n) is 10.8. The molecule has 0 aliphatic rings. The van der Waals surface area contributed by atoms with Crippen LogP contribution in [0.25, 0.3) is 10.9 Å². The molecule has 0 aliphatic carbocycles. The number of hydrogen-bond acceptors (Lipinski definition) is 6. The van der Waals surface area contributed by atoms with Gasteiger partial charge in [-0.3, -0.25) is 9.59 Å². The van der Waals surface area contributed by atoms with E-state index in [1.165, 1.54) is 29.6 Å². The third kappa shape index (κ3) is 5.35. The van der Waals surface area contributed by atoms with E-state index in [0.717, 1.165) is 11.6 Å². The lowest BCUT2D eigenvalue weighted by Gasteiger charge is -2.19. The lowest BCUT2D eigenvalue weighted by Crippen LogP contribution is -2.43. The fourth-order valence-corrected chi connectivity index (χ4v) is 5.20. The van der Waals surface area contributed by atoms with E-state index in [9.17, 15) is 22.8 Å². The fourth-order valence-electron chi connectivity index (χ4n) is 3.72. The van der Waals surface area contributed by atoms with Gasteiger partial charge in [0.05, 0.1) is 17.6 Å². The van der Waals surface area contributed by atoms with Crippen LogP contribution in [-0.4, -0.2) is 55.8 Å². The molecule has 3 rings (SSSR count). The van der Waals surface area contributed by atoms with Crippen LogP contribution in [-0.2, 0) is 26.0 Å². The monoisotopic (exact) mass is 485 g/mol. The maximum atomic E-state index is 13.2. The van der Waals surface area contributed by atoms with Crippen molar-refractivity contribution >= 4 is 32.8 Å². The van der Waals surface area contributed by atoms with Crippen molar-refractivity contribution in [1.82, 2.24) is 14.6 Å². The number of benzene rings is 2. The number of fused-ring (bicyclic) bond motifs is 1. The number of methoxy groups -OCH3 is 1. The van der Waals surface area contributed by atoms with Gasteiger partial charge in [-0.25, -0.2) is 13.2 Å². The Balaban J connectivity index is 2.03. The van der Waals surface area contributed by atoms with Crippen molar-refractivity contribution in [3.05, 3.63) is 76.1 Å². The highest BCUT2D eigenvalue weighted by atomic mass is 32.2. The summed E-state index contributed by atoms with van der Waals surface area (Å²) in [5.41, 5.74) is 0.530. The van der Waals surface area contributed by atoms with Gasteiger partial charge in [0.25, 0.3) is 5.91 Å². The summed E-state index contributed by atoms with van der Waals surface area (Å²) in [6.45, 7) is 4.04. The minimum atomic E-state index is -3.79. The Morgan fingerprint density at radius 3 is 2.35 bits per heavy atom. The molecule has 0 saturated heterocycles. The zero-order chi connectivity index (χ0) is 24.9. The smallest absolute Gasteiger partial charge is 0.328 e. The molecule has 9 nitrogen and oxygen atoms in total. The van der Waals surface area contributed by atoms with Crippen LogP contribution in [0, 0.1) is 0 Å². The highest BCUT2D eigenvalue weighted by molar-refractivity contribution is 7.89. The predicted octanol–water partition coefficient (Wildman–Crippen LogP) is 2.07. The van der Waals surface area contributed by atoms with Crippen molar-refractivity contribution < 1.29 is 22.7 Å². The van der Waals surface area contributed by atoms with Crippen molar-refractivity contribution in [1.29, 1.82) is 0 Å². The van der Waals surface area contributed by atoms with E-state index < -0.39 is 33.5 Å². The molecule has 0 spiro atoms. The number of carbonyl (C=O) groups is 2. The Labute approximate surface area is 197 Å². The zero-order valence-corrected chi connectivity index (χ0v) is 20.0. The minimum Gasteiger partial charge on any atom is -0.467 e. The Morgan fingerprint density at radius 1 is 1.06 bits per heavy atom. The van der Waals surface area contributed by atoms with E-state index >= 15 is 0 Å². The largest absolute Gasteiger partial charge is 0.467 e. The number of nitrogens with one attached hydrogen (secondary N) is 2. The molecule has 0 bridgehead atoms. The van der Waals surface area contributed by atoms with Crippen molar-refractivity contribution in [3.8, 4) is 0 Å². The van der Waals surface area contributed by atoms with Crippen LogP contribution >= 0.6 is 0 Å². The number of aromatic nitrogens is 1. The number of rotatable bonds is 9. The molecule has 2 N–H and O–H groups in total. The average Bonchev–Trinajstić information content (AvgIpc) is 2.83. The van der Waals surface area contributed by atoms with E-state index in [-0.39, 0.29) is 35.4 Å². The maximum Gasteiger partial charge on any atom is 0.328 e. The lowest BCUT2D eigenvalue weighted by atomic mass is 10.0. The van der Waals surface area contributed by atoms with E-state index in [1.54, 1.807) is 13.8 Å². The van der Waals surface area contributed by atoms with E-state index in [2.05, 4.69) is 10.3 Å². The molecular weight excluding hydrogens is 458 g/mol. The number of amides is 1. The first kappa shape index (κ1) is 25.1. The van der Waals surface area contributed by atoms with Gasteiger partial charge >= 0.3 is 5.97 Å². The Hall–Kier alpha value is -3.50. The Morgan fingerprint density at radius 2 is 1.74 bits per heavy atom. The number of ether oxygens (including phenoxy) is 1. The highest BCUT2D eigenvalue weighted by Gasteiger charge is 2.26. The summed E-state index contributed by atoms with van der Waals surface area (Å²) in [5.74, 6) is -1.34. The van der Waals surface area contributed by atoms with Gasteiger partial charge in [0.1, 0.15) is 6.04 Å². The van der Waals surface area contributed by atoms with E-state index in [4.69, 9.17) is 4.74 Å². The maximum absolute atomic E-state index is 13.2. The molecule has 34 heavy (non-hydrogen) atoms. The Bertz CT molecular complexity index is 1350. The van der Waals surface area contributed by atoms with Crippen molar-refractivity contribution in [2.75, 3.05) is 20.2 Å². The van der Waals surface area contributed by atoms with Crippen LogP contribution in [0.4, 0.5) is 0 Å². The molecule has 180 valence electrons. The standard InChI is InChI=1S/C24H27N3O6S/c1-4-27(5-2)34(31,32)17-11-12-20-18(14-17)19(15-22(28)25-20)23(29)26-21(24(30)33-3)13-16-9-7-6-8-10-16/h6-12,14-15,21H,4-5,13H2,1-3H3,(H,25,28)(H,26,29)/t21-/m0/s1. The highest BCUT2D eigenvalue weighted by Crippen LogP contribution is 2.23. The number of carbonyl (C=O) groups excluding carboxylic acids is 2. The summed E-state index contributed by atoms with van der Waals surface area (Å²) < 4.78 is 32.1. The topological polar surface area (TPSA) is 126 Å². The van der Waals surface area contributed by atoms with Gasteiger partial charge in [0, 0.05) is 36.5 Å². The summed E-state index contributed by atoms with van der Waals surface area (Å²) in [6, 6.07) is 13.4. The number of esters is 1. The normalized spacial score (nSPS) is 12.5. The SMILES string of the molecule is CCN(CC)S(=O)(=O)c1ccc2[nH]c(=O)cc(C(=O)N[C@@H](Cc3ccccc3)C(=O)OC)c2c1. The molecule has 2 aromatic carbocycles. The molecule has 0 radical (unpaired) electrons. The van der Waals surface area contributed by atoms with E-state index in [1.807, 2.05) is 30.3 Å². The van der Waals surface area contributed by atoms with Gasteiger partial charge < -0.3 is 15.0 Å². The third-order valence-corrected chi connectivity index (χ3v) is 7.52. The first-order chi connectivity index (χ1) is 16.2. The number of nitrogens with zero attached hydrogens (tertiary/aromatic N) is 1. The molecule has 10 heteroatoms.